The van der Waals surface area contributed by atoms with E-state index in [4.69, 9.17) is 18.5 Å². The molecule has 0 aliphatic heterocycles. The normalized spacial score (nSPS) is 14.5. The number of quaternary nitrogens is 1. The maximum Gasteiger partial charge on any atom is 0.306 e. The second-order valence-electron chi connectivity index (χ2n) is 21.3. The summed E-state index contributed by atoms with van der Waals surface area (Å²) >= 11 is 0. The van der Waals surface area contributed by atoms with Crippen LogP contribution in [0.1, 0.15) is 206 Å². The van der Waals surface area contributed by atoms with Crippen LogP contribution in [-0.2, 0) is 32.7 Å². The van der Waals surface area contributed by atoms with E-state index >= 15 is 0 Å². The number of carbonyl (C=O) groups excluding carboxylic acids is 2. The fourth-order valence-corrected chi connectivity index (χ4v) is 8.38. The Kier molecular flexibility index (Phi) is 57.1. The van der Waals surface area contributed by atoms with E-state index in [2.05, 4.69) is 196 Å². The van der Waals surface area contributed by atoms with Crippen LogP contribution < -0.4 is 4.89 Å². The zero-order chi connectivity index (χ0) is 59.8. The number of carbonyl (C=O) groups is 2. The highest BCUT2D eigenvalue weighted by Gasteiger charge is 2.21. The molecule has 82 heavy (non-hydrogen) atoms. The summed E-state index contributed by atoms with van der Waals surface area (Å²) < 4.78 is 34.1. The van der Waals surface area contributed by atoms with Crippen LogP contribution in [0.4, 0.5) is 0 Å². The average molecular weight is 1150 g/mol. The summed E-state index contributed by atoms with van der Waals surface area (Å²) in [5, 5.41) is 0. The Morgan fingerprint density at radius 3 is 0.976 bits per heavy atom. The molecular weight excluding hydrogens is 1040 g/mol. The maximum atomic E-state index is 12.8. The number of hydrogen-bond donors (Lipinski definition) is 0. The molecule has 2 atom stereocenters. The van der Waals surface area contributed by atoms with Crippen LogP contribution in [0.2, 0.25) is 0 Å². The van der Waals surface area contributed by atoms with Crippen molar-refractivity contribution in [2.75, 3.05) is 47.5 Å². The lowest BCUT2D eigenvalue weighted by molar-refractivity contribution is -0.870. The van der Waals surface area contributed by atoms with E-state index in [9.17, 15) is 19.0 Å². The molecule has 0 amide bonds. The summed E-state index contributed by atoms with van der Waals surface area (Å²) in [6, 6.07) is 0. The molecule has 9 nitrogen and oxygen atoms in total. The number of allylic oxidation sites excluding steroid dienone is 30. The lowest BCUT2D eigenvalue weighted by Gasteiger charge is -2.28. The SMILES string of the molecule is CC/C=C\C/C=C\C/C=C\C/C=C\C/C=C\C/C=C\C/C=C\C/C=C\C/C=C\C/C=C\C/C=C\CCCCCCCCCC(=O)OC(COC(=O)CCCCCC/C=C\C/C=C\C/C=C\C/C=C\CC)COP(=O)([O-])OCC[N+](C)(C)C. The molecule has 0 aromatic heterocycles. The first kappa shape index (κ1) is 77.1. The van der Waals surface area contributed by atoms with Gasteiger partial charge in [-0.05, 0) is 135 Å². The summed E-state index contributed by atoms with van der Waals surface area (Å²) in [7, 11) is 1.11. The van der Waals surface area contributed by atoms with E-state index in [1.54, 1.807) is 0 Å². The second-order valence-corrected chi connectivity index (χ2v) is 22.7. The van der Waals surface area contributed by atoms with Gasteiger partial charge in [-0.25, -0.2) is 0 Å². The fraction of sp³-hybridized carbons (Fsp3) is 0.556. The predicted octanol–water partition coefficient (Wildman–Crippen LogP) is 19.7. The number of unbranched alkanes of at least 4 members (excludes halogenated alkanes) is 11. The molecule has 0 aromatic carbocycles. The largest absolute Gasteiger partial charge is 0.756 e. The third-order valence-electron chi connectivity index (χ3n) is 12.4. The van der Waals surface area contributed by atoms with Gasteiger partial charge in [-0.1, -0.05) is 241 Å². The maximum absolute atomic E-state index is 12.8. The number of ether oxygens (including phenoxy) is 2. The molecule has 0 spiro atoms. The van der Waals surface area contributed by atoms with Gasteiger partial charge >= 0.3 is 11.9 Å². The van der Waals surface area contributed by atoms with Crippen molar-refractivity contribution in [3.63, 3.8) is 0 Å². The van der Waals surface area contributed by atoms with Crippen LogP contribution in [0.3, 0.4) is 0 Å². The molecule has 460 valence electrons. The first-order valence-electron chi connectivity index (χ1n) is 31.5. The lowest BCUT2D eigenvalue weighted by atomic mass is 10.1. The number of rotatable bonds is 55. The van der Waals surface area contributed by atoms with Crippen molar-refractivity contribution in [3.8, 4) is 0 Å². The minimum atomic E-state index is -4.66. The van der Waals surface area contributed by atoms with Crippen molar-refractivity contribution in [1.29, 1.82) is 0 Å². The molecule has 0 N–H and O–H groups in total. The van der Waals surface area contributed by atoms with Gasteiger partial charge < -0.3 is 27.9 Å². The molecule has 0 aliphatic rings. The van der Waals surface area contributed by atoms with Crippen LogP contribution in [0.25, 0.3) is 0 Å². The van der Waals surface area contributed by atoms with Crippen LogP contribution >= 0.6 is 7.82 Å². The number of hydrogen-bond acceptors (Lipinski definition) is 8. The molecule has 0 fully saturated rings. The molecular formula is C72H114NO8P. The van der Waals surface area contributed by atoms with Gasteiger partial charge in [0.05, 0.1) is 27.7 Å². The van der Waals surface area contributed by atoms with Gasteiger partial charge in [-0.2, -0.15) is 0 Å². The lowest BCUT2D eigenvalue weighted by Crippen LogP contribution is -2.37. The van der Waals surface area contributed by atoms with Crippen LogP contribution in [0.5, 0.6) is 0 Å². The Bertz CT molecular complexity index is 2030. The van der Waals surface area contributed by atoms with Crippen molar-refractivity contribution < 1.29 is 42.1 Å². The summed E-state index contributed by atoms with van der Waals surface area (Å²) in [5.41, 5.74) is 0. The Morgan fingerprint density at radius 2 is 0.659 bits per heavy atom. The highest BCUT2D eigenvalue weighted by molar-refractivity contribution is 7.45. The number of likely N-dealkylation sites (N-methyl/N-ethyl adjacent to an activating group) is 1. The molecule has 0 bridgehead atoms. The molecule has 0 radical (unpaired) electrons. The number of phosphoric acid groups is 1. The van der Waals surface area contributed by atoms with Crippen molar-refractivity contribution in [2.45, 2.75) is 213 Å². The molecule has 10 heteroatoms. The van der Waals surface area contributed by atoms with E-state index in [1.165, 1.54) is 12.8 Å². The van der Waals surface area contributed by atoms with Crippen LogP contribution in [0.15, 0.2) is 182 Å². The second kappa shape index (κ2) is 60.7. The highest BCUT2D eigenvalue weighted by atomic mass is 31.2. The molecule has 0 aliphatic carbocycles. The fourth-order valence-electron chi connectivity index (χ4n) is 7.65. The van der Waals surface area contributed by atoms with Gasteiger partial charge in [-0.15, -0.1) is 0 Å². The van der Waals surface area contributed by atoms with Crippen molar-refractivity contribution in [3.05, 3.63) is 182 Å². The number of esters is 2. The zero-order valence-electron chi connectivity index (χ0n) is 52.1. The summed E-state index contributed by atoms with van der Waals surface area (Å²) in [5.74, 6) is -0.890. The predicted molar refractivity (Wildman–Crippen MR) is 350 cm³/mol. The van der Waals surface area contributed by atoms with Crippen LogP contribution in [0, 0.1) is 0 Å². The first-order chi connectivity index (χ1) is 40.0. The molecule has 0 heterocycles. The van der Waals surface area contributed by atoms with Gasteiger partial charge in [0.2, 0.25) is 0 Å². The third-order valence-corrected chi connectivity index (χ3v) is 13.4. The van der Waals surface area contributed by atoms with Crippen molar-refractivity contribution in [1.82, 2.24) is 0 Å². The summed E-state index contributed by atoms with van der Waals surface area (Å²) in [4.78, 5) is 37.9. The first-order valence-corrected chi connectivity index (χ1v) is 33.0. The van der Waals surface area contributed by atoms with Gasteiger partial charge in [0.25, 0.3) is 7.82 Å². The topological polar surface area (TPSA) is 111 Å². The molecule has 0 rings (SSSR count). The molecule has 0 saturated carbocycles. The van der Waals surface area contributed by atoms with E-state index in [0.29, 0.717) is 23.9 Å². The van der Waals surface area contributed by atoms with Gasteiger partial charge in [0.15, 0.2) is 6.10 Å². The molecule has 0 aromatic rings. The van der Waals surface area contributed by atoms with E-state index in [-0.39, 0.29) is 26.1 Å². The number of nitrogens with zero attached hydrogens (tertiary/aromatic N) is 1. The number of phosphoric ester groups is 1. The van der Waals surface area contributed by atoms with Gasteiger partial charge in [0.1, 0.15) is 19.8 Å². The summed E-state index contributed by atoms with van der Waals surface area (Å²) in [6.45, 7) is 3.93. The molecule has 2 unspecified atom stereocenters. The average Bonchev–Trinajstić information content (AvgIpc) is 3.45. The Balaban J connectivity index is 4.18. The Labute approximate surface area is 501 Å². The molecule has 0 saturated heterocycles. The quantitative estimate of drug-likeness (QED) is 0.0195. The smallest absolute Gasteiger partial charge is 0.306 e. The minimum absolute atomic E-state index is 0.0477. The monoisotopic (exact) mass is 1150 g/mol. The highest BCUT2D eigenvalue weighted by Crippen LogP contribution is 2.38. The van der Waals surface area contributed by atoms with Crippen molar-refractivity contribution >= 4 is 19.8 Å². The minimum Gasteiger partial charge on any atom is -0.756 e. The van der Waals surface area contributed by atoms with Gasteiger partial charge in [0, 0.05) is 12.8 Å². The van der Waals surface area contributed by atoms with E-state index in [0.717, 1.165) is 154 Å². The summed E-state index contributed by atoms with van der Waals surface area (Å²) in [6.07, 6.45) is 93.8. The standard InChI is InChI=1S/C72H114NO8P/c1-6-8-10-12-14-16-18-20-22-24-25-26-27-28-29-30-31-32-33-34-35-36-37-38-39-40-41-42-43-44-45-46-47-49-51-53-55-57-59-61-63-65-72(75)81-70(69-80-82(76,77)79-67-66-73(3,4)5)68-78-71(74)64-62-60-58-56-54-52-50-48-23-21-19-17-15-13-11-9-7-2/h8-11,14-17,20-23,25-26,28-29,31-32,34-35,37-38,40-41,43-44,46-47,50,52,70H,6-7,12-13,18-19,24,27,30,33,36,39,42,45,48-49,51,53-69H2,1-5H3/b10-8-,11-9-,16-14-,17-15-,22-20-,23-21-,26-25-,29-28-,32-31-,35-34-,38-37-,41-40-,44-43-,47-46-,52-50-. The Hall–Kier alpha value is -4.89. The van der Waals surface area contributed by atoms with E-state index < -0.39 is 32.5 Å². The van der Waals surface area contributed by atoms with Crippen LogP contribution in [-0.4, -0.2) is 70.0 Å². The Morgan fingerprint density at radius 1 is 0.378 bits per heavy atom. The van der Waals surface area contributed by atoms with Crippen molar-refractivity contribution in [2.24, 2.45) is 0 Å². The zero-order valence-corrected chi connectivity index (χ0v) is 53.0. The van der Waals surface area contributed by atoms with Gasteiger partial charge in [-0.3, -0.25) is 14.2 Å². The van der Waals surface area contributed by atoms with E-state index in [1.807, 2.05) is 21.1 Å². The third kappa shape index (κ3) is 64.3.